The molecule has 0 aliphatic heterocycles. The van der Waals surface area contributed by atoms with Crippen LogP contribution in [-0.4, -0.2) is 21.5 Å². The van der Waals surface area contributed by atoms with Gasteiger partial charge >= 0.3 is 0 Å². The summed E-state index contributed by atoms with van der Waals surface area (Å²) in [4.78, 5) is 12.1. The van der Waals surface area contributed by atoms with Crippen molar-refractivity contribution in [3.8, 4) is 0 Å². The number of benzene rings is 2. The van der Waals surface area contributed by atoms with E-state index in [1.54, 1.807) is 0 Å². The molecule has 0 bridgehead atoms. The van der Waals surface area contributed by atoms with Crippen molar-refractivity contribution in [2.45, 2.75) is 0 Å². The van der Waals surface area contributed by atoms with E-state index in [1.807, 2.05) is 64.2 Å². The SMILES string of the molecule is Bc1ccc(C(=O)c2ccc(B)cc2)cc1. The maximum absolute atomic E-state index is 12.1. The molecule has 2 aromatic carbocycles. The van der Waals surface area contributed by atoms with Crippen molar-refractivity contribution in [1.29, 1.82) is 0 Å². The molecule has 3 heteroatoms. The third kappa shape index (κ3) is 2.25. The maximum atomic E-state index is 12.1. The lowest BCUT2D eigenvalue weighted by molar-refractivity contribution is 0.103. The van der Waals surface area contributed by atoms with Crippen molar-refractivity contribution < 1.29 is 4.79 Å². The highest BCUT2D eigenvalue weighted by molar-refractivity contribution is 6.33. The minimum atomic E-state index is 0.0833. The Kier molecular flexibility index (Phi) is 2.95. The van der Waals surface area contributed by atoms with Gasteiger partial charge in [0.05, 0.1) is 0 Å². The van der Waals surface area contributed by atoms with E-state index in [0.717, 1.165) is 11.1 Å². The molecule has 2 aromatic rings. The minimum absolute atomic E-state index is 0.0833. The first kappa shape index (κ1) is 10.7. The van der Waals surface area contributed by atoms with Gasteiger partial charge in [-0.15, -0.1) is 0 Å². The zero-order chi connectivity index (χ0) is 11.5. The third-order valence-electron chi connectivity index (χ3n) is 2.63. The van der Waals surface area contributed by atoms with Gasteiger partial charge in [0, 0.05) is 11.1 Å². The first-order chi connectivity index (χ1) is 7.66. The Morgan fingerprint density at radius 2 is 1.00 bits per heavy atom. The van der Waals surface area contributed by atoms with Gasteiger partial charge in [0.25, 0.3) is 0 Å². The molecule has 0 amide bonds. The quantitative estimate of drug-likeness (QED) is 0.475. The fourth-order valence-corrected chi connectivity index (χ4v) is 1.58. The second-order valence-corrected chi connectivity index (χ2v) is 4.06. The van der Waals surface area contributed by atoms with Gasteiger partial charge in [-0.3, -0.25) is 4.79 Å². The average Bonchev–Trinajstić information content (AvgIpc) is 2.30. The lowest BCUT2D eigenvalue weighted by atomic mass is 9.91. The molecule has 0 aliphatic carbocycles. The topological polar surface area (TPSA) is 17.1 Å². The summed E-state index contributed by atoms with van der Waals surface area (Å²) in [5.74, 6) is 0.0833. The molecule has 0 saturated carbocycles. The summed E-state index contributed by atoms with van der Waals surface area (Å²) >= 11 is 0. The average molecular weight is 206 g/mol. The van der Waals surface area contributed by atoms with Gasteiger partial charge in [0.15, 0.2) is 5.78 Å². The molecule has 2 rings (SSSR count). The molecule has 0 aliphatic rings. The highest BCUT2D eigenvalue weighted by atomic mass is 16.1. The fourth-order valence-electron chi connectivity index (χ4n) is 1.58. The summed E-state index contributed by atoms with van der Waals surface area (Å²) in [6.07, 6.45) is 0. The fraction of sp³-hybridized carbons (Fsp3) is 0. The van der Waals surface area contributed by atoms with Crippen molar-refractivity contribution in [2.75, 3.05) is 0 Å². The van der Waals surface area contributed by atoms with Crippen LogP contribution >= 0.6 is 0 Å². The van der Waals surface area contributed by atoms with Crippen LogP contribution in [0.1, 0.15) is 15.9 Å². The van der Waals surface area contributed by atoms with E-state index in [-0.39, 0.29) is 5.78 Å². The molecule has 0 heterocycles. The normalized spacial score (nSPS) is 10.0. The Morgan fingerprint density at radius 1 is 0.688 bits per heavy atom. The molecule has 0 fully saturated rings. The molecule has 0 radical (unpaired) electrons. The van der Waals surface area contributed by atoms with E-state index >= 15 is 0 Å². The summed E-state index contributed by atoms with van der Waals surface area (Å²) in [6, 6.07) is 15.3. The smallest absolute Gasteiger partial charge is 0.193 e. The van der Waals surface area contributed by atoms with Crippen LogP contribution in [0.5, 0.6) is 0 Å². The van der Waals surface area contributed by atoms with Crippen LogP contribution in [0, 0.1) is 0 Å². The van der Waals surface area contributed by atoms with Gasteiger partial charge in [-0.25, -0.2) is 0 Å². The lowest BCUT2D eigenvalue weighted by Crippen LogP contribution is -2.08. The Morgan fingerprint density at radius 3 is 1.31 bits per heavy atom. The molecule has 0 unspecified atom stereocenters. The molecule has 1 nitrogen and oxygen atoms in total. The van der Waals surface area contributed by atoms with Crippen LogP contribution in [-0.2, 0) is 0 Å². The zero-order valence-corrected chi connectivity index (χ0v) is 9.53. The van der Waals surface area contributed by atoms with Crippen LogP contribution in [0.4, 0.5) is 0 Å². The second-order valence-electron chi connectivity index (χ2n) is 4.06. The number of hydrogen-bond donors (Lipinski definition) is 0. The van der Waals surface area contributed by atoms with Gasteiger partial charge in [-0.1, -0.05) is 59.5 Å². The molecule has 0 N–H and O–H groups in total. The van der Waals surface area contributed by atoms with Crippen molar-refractivity contribution in [2.24, 2.45) is 0 Å². The summed E-state index contributed by atoms with van der Waals surface area (Å²) in [5.41, 5.74) is 3.82. The molecule has 16 heavy (non-hydrogen) atoms. The van der Waals surface area contributed by atoms with Gasteiger partial charge in [-0.2, -0.15) is 0 Å². The van der Waals surface area contributed by atoms with E-state index in [4.69, 9.17) is 0 Å². The monoisotopic (exact) mass is 206 g/mol. The largest absolute Gasteiger partial charge is 0.289 e. The second kappa shape index (κ2) is 4.40. The molecular formula is C13H12B2O. The minimum Gasteiger partial charge on any atom is -0.289 e. The van der Waals surface area contributed by atoms with Crippen LogP contribution in [0.25, 0.3) is 0 Å². The molecule has 0 spiro atoms. The van der Waals surface area contributed by atoms with Crippen LogP contribution in [0.3, 0.4) is 0 Å². The van der Waals surface area contributed by atoms with Crippen LogP contribution in [0.2, 0.25) is 0 Å². The van der Waals surface area contributed by atoms with Crippen LogP contribution in [0.15, 0.2) is 48.5 Å². The van der Waals surface area contributed by atoms with Crippen LogP contribution < -0.4 is 10.9 Å². The van der Waals surface area contributed by atoms with Crippen molar-refractivity contribution >= 4 is 32.4 Å². The summed E-state index contributed by atoms with van der Waals surface area (Å²) in [6.45, 7) is 0. The van der Waals surface area contributed by atoms with E-state index in [1.165, 1.54) is 10.9 Å². The first-order valence-electron chi connectivity index (χ1n) is 5.35. The van der Waals surface area contributed by atoms with Gasteiger partial charge < -0.3 is 0 Å². The summed E-state index contributed by atoms with van der Waals surface area (Å²) < 4.78 is 0. The Labute approximate surface area is 97.3 Å². The number of rotatable bonds is 2. The van der Waals surface area contributed by atoms with Crippen molar-refractivity contribution in [3.63, 3.8) is 0 Å². The molecule has 0 saturated heterocycles. The number of ketones is 1. The third-order valence-corrected chi connectivity index (χ3v) is 2.63. The van der Waals surface area contributed by atoms with E-state index < -0.39 is 0 Å². The Balaban J connectivity index is 2.32. The van der Waals surface area contributed by atoms with E-state index in [2.05, 4.69) is 0 Å². The van der Waals surface area contributed by atoms with Gasteiger partial charge in [0.1, 0.15) is 15.7 Å². The maximum Gasteiger partial charge on any atom is 0.193 e. The predicted octanol–water partition coefficient (Wildman–Crippen LogP) is -0.566. The predicted molar refractivity (Wildman–Crippen MR) is 72.7 cm³/mol. The van der Waals surface area contributed by atoms with Crippen molar-refractivity contribution in [1.82, 2.24) is 0 Å². The van der Waals surface area contributed by atoms with Gasteiger partial charge in [-0.05, 0) is 0 Å². The highest BCUT2D eigenvalue weighted by Gasteiger charge is 2.07. The number of carbonyl (C=O) groups is 1. The standard InChI is InChI=1S/C13H12B2O/c14-11-5-1-9(2-6-11)13(16)10-3-7-12(15)8-4-10/h1-8H,14-15H2. The lowest BCUT2D eigenvalue weighted by Gasteiger charge is -2.02. The Bertz CT molecular complexity index is 453. The molecular weight excluding hydrogens is 194 g/mol. The first-order valence-corrected chi connectivity index (χ1v) is 5.35. The number of hydrogen-bond acceptors (Lipinski definition) is 1. The summed E-state index contributed by atoms with van der Waals surface area (Å²) in [7, 11) is 4.03. The van der Waals surface area contributed by atoms with Crippen molar-refractivity contribution in [3.05, 3.63) is 59.7 Å². The molecule has 76 valence electrons. The van der Waals surface area contributed by atoms with E-state index in [9.17, 15) is 4.79 Å². The summed E-state index contributed by atoms with van der Waals surface area (Å²) in [5, 5.41) is 0. The molecule has 0 atom stereocenters. The highest BCUT2D eigenvalue weighted by Crippen LogP contribution is 2.07. The molecule has 0 aromatic heterocycles. The zero-order valence-electron chi connectivity index (χ0n) is 9.53. The van der Waals surface area contributed by atoms with Gasteiger partial charge in [0.2, 0.25) is 0 Å². The van der Waals surface area contributed by atoms with E-state index in [0.29, 0.717) is 0 Å². The number of carbonyl (C=O) groups excluding carboxylic acids is 1. The Hall–Kier alpha value is -1.76.